The van der Waals surface area contributed by atoms with Crippen molar-refractivity contribution in [2.75, 3.05) is 13.2 Å². The minimum Gasteiger partial charge on any atom is -0.394 e. The van der Waals surface area contributed by atoms with Crippen molar-refractivity contribution in [3.8, 4) is 0 Å². The summed E-state index contributed by atoms with van der Waals surface area (Å²) in [7, 11) is 0. The van der Waals surface area contributed by atoms with Crippen LogP contribution in [0.5, 0.6) is 0 Å². The second-order valence-corrected chi connectivity index (χ2v) is 17.6. The van der Waals surface area contributed by atoms with Gasteiger partial charge in [0.25, 0.3) is 0 Å². The molecular weight excluding hydrogens is 779 g/mol. The number of hydrogen-bond donors (Lipinski definition) is 6. The van der Waals surface area contributed by atoms with Crippen LogP contribution in [-0.4, -0.2) is 87.5 Å². The van der Waals surface area contributed by atoms with Gasteiger partial charge < -0.3 is 40.3 Å². The van der Waals surface area contributed by atoms with Crippen LogP contribution in [-0.2, 0) is 14.3 Å². The summed E-state index contributed by atoms with van der Waals surface area (Å²) in [5.41, 5.74) is 0. The van der Waals surface area contributed by atoms with Crippen LogP contribution in [0.1, 0.15) is 213 Å². The zero-order valence-corrected chi connectivity index (χ0v) is 39.6. The fraction of sp³-hybridized carbons (Fsp3) is 0.792. The van der Waals surface area contributed by atoms with Gasteiger partial charge in [0.2, 0.25) is 5.91 Å². The Bertz CT molecular complexity index is 1150. The SMILES string of the molecule is CCC/C=C\C/C=C\CCCCCCCC(=O)NC(COC1OC(CO)C(O)C(O)C1O)C(O)/C=C/CC/C=C/CC/C=C/CCCCCCCCCCCCCCCCCC. The molecule has 0 bridgehead atoms. The summed E-state index contributed by atoms with van der Waals surface area (Å²) in [5, 5.41) is 54.2. The van der Waals surface area contributed by atoms with Crippen LogP contribution in [0.15, 0.2) is 60.8 Å². The molecule has 62 heavy (non-hydrogen) atoms. The molecule has 0 saturated carbocycles. The molecule has 1 fully saturated rings. The largest absolute Gasteiger partial charge is 0.394 e. The molecule has 1 heterocycles. The molecule has 9 heteroatoms. The zero-order valence-electron chi connectivity index (χ0n) is 39.6. The van der Waals surface area contributed by atoms with E-state index in [2.05, 4.69) is 67.8 Å². The molecule has 9 nitrogen and oxygen atoms in total. The van der Waals surface area contributed by atoms with Gasteiger partial charge in [-0.2, -0.15) is 0 Å². The third-order valence-corrected chi connectivity index (χ3v) is 11.8. The quantitative estimate of drug-likeness (QED) is 0.0262. The third-order valence-electron chi connectivity index (χ3n) is 11.8. The van der Waals surface area contributed by atoms with E-state index in [1.165, 1.54) is 116 Å². The van der Waals surface area contributed by atoms with Crippen LogP contribution in [0.25, 0.3) is 0 Å². The van der Waals surface area contributed by atoms with Crippen LogP contribution in [0.2, 0.25) is 0 Å². The average molecular weight is 874 g/mol. The van der Waals surface area contributed by atoms with Crippen molar-refractivity contribution >= 4 is 5.91 Å². The topological polar surface area (TPSA) is 149 Å². The van der Waals surface area contributed by atoms with E-state index in [-0.39, 0.29) is 12.5 Å². The second kappa shape index (κ2) is 42.8. The number of hydrogen-bond acceptors (Lipinski definition) is 8. The van der Waals surface area contributed by atoms with Gasteiger partial charge in [-0.1, -0.05) is 197 Å². The predicted molar refractivity (Wildman–Crippen MR) is 258 cm³/mol. The predicted octanol–water partition coefficient (Wildman–Crippen LogP) is 11.6. The summed E-state index contributed by atoms with van der Waals surface area (Å²) < 4.78 is 11.2. The normalized spacial score (nSPS) is 20.8. The number of aliphatic hydroxyl groups is 5. The summed E-state index contributed by atoms with van der Waals surface area (Å²) in [6.45, 7) is 3.68. The molecule has 0 aliphatic carbocycles. The lowest BCUT2D eigenvalue weighted by molar-refractivity contribution is -0.302. The molecule has 360 valence electrons. The maximum absolute atomic E-state index is 12.9. The summed E-state index contributed by atoms with van der Waals surface area (Å²) in [4.78, 5) is 12.9. The maximum Gasteiger partial charge on any atom is 0.220 e. The van der Waals surface area contributed by atoms with Crippen LogP contribution < -0.4 is 5.32 Å². The van der Waals surface area contributed by atoms with Crippen LogP contribution >= 0.6 is 0 Å². The van der Waals surface area contributed by atoms with Crippen LogP contribution in [0.4, 0.5) is 0 Å². The Labute approximate surface area is 379 Å². The lowest BCUT2D eigenvalue weighted by atomic mass is 9.99. The summed E-state index contributed by atoms with van der Waals surface area (Å²) in [6, 6.07) is -0.837. The smallest absolute Gasteiger partial charge is 0.220 e. The molecule has 7 atom stereocenters. The highest BCUT2D eigenvalue weighted by molar-refractivity contribution is 5.76. The Morgan fingerprint density at radius 3 is 1.52 bits per heavy atom. The molecule has 7 unspecified atom stereocenters. The Morgan fingerprint density at radius 2 is 1.00 bits per heavy atom. The highest BCUT2D eigenvalue weighted by Gasteiger charge is 2.44. The van der Waals surface area contributed by atoms with Crippen molar-refractivity contribution < 1.29 is 39.8 Å². The number of carbonyl (C=O) groups is 1. The fourth-order valence-corrected chi connectivity index (χ4v) is 7.70. The molecule has 1 rings (SSSR count). The number of rotatable bonds is 42. The van der Waals surface area contributed by atoms with Gasteiger partial charge >= 0.3 is 0 Å². The Kier molecular flexibility index (Phi) is 40.0. The Morgan fingerprint density at radius 1 is 0.548 bits per heavy atom. The average Bonchev–Trinajstić information content (AvgIpc) is 3.27. The molecule has 1 amide bonds. The third kappa shape index (κ3) is 32.5. The standard InChI is InChI=1S/C53H95NO8/c1-3-5-7-9-11-13-15-17-18-19-20-21-22-23-24-25-26-27-28-29-31-32-34-36-38-40-42-47(56)46(45-61-53-52(60)51(59)50(58)48(44-55)62-53)54-49(57)43-41-39-37-35-33-30-16-14-12-10-8-6-4-2/h8,10,14,16,27-28,32,34,40,42,46-48,50-53,55-56,58-60H,3-7,9,11-13,15,17-26,29-31,33,35-39,41,43-45H2,1-2H3,(H,54,57)/b10-8-,16-14-,28-27+,34-32+,42-40+. The van der Waals surface area contributed by atoms with Crippen molar-refractivity contribution in [1.29, 1.82) is 0 Å². The van der Waals surface area contributed by atoms with E-state index < -0.39 is 49.5 Å². The molecule has 0 spiro atoms. The molecule has 1 aliphatic heterocycles. The van der Waals surface area contributed by atoms with Gasteiger partial charge in [0, 0.05) is 6.42 Å². The van der Waals surface area contributed by atoms with Crippen molar-refractivity contribution in [1.82, 2.24) is 5.32 Å². The zero-order chi connectivity index (χ0) is 45.1. The minimum atomic E-state index is -1.58. The lowest BCUT2D eigenvalue weighted by Crippen LogP contribution is -2.60. The summed E-state index contributed by atoms with van der Waals surface area (Å²) in [5.74, 6) is -0.207. The van der Waals surface area contributed by atoms with Gasteiger partial charge in [-0.3, -0.25) is 4.79 Å². The first-order valence-corrected chi connectivity index (χ1v) is 25.5. The Balaban J connectivity index is 2.30. The van der Waals surface area contributed by atoms with Crippen LogP contribution in [0, 0.1) is 0 Å². The number of nitrogens with one attached hydrogen (secondary N) is 1. The van der Waals surface area contributed by atoms with E-state index >= 15 is 0 Å². The van der Waals surface area contributed by atoms with Gasteiger partial charge in [0.05, 0.1) is 25.4 Å². The van der Waals surface area contributed by atoms with Gasteiger partial charge in [0.1, 0.15) is 24.4 Å². The number of allylic oxidation sites excluding steroid dienone is 9. The number of amides is 1. The van der Waals surface area contributed by atoms with Crippen LogP contribution in [0.3, 0.4) is 0 Å². The van der Waals surface area contributed by atoms with Gasteiger partial charge in [-0.25, -0.2) is 0 Å². The first kappa shape index (κ1) is 57.9. The molecule has 0 aromatic heterocycles. The molecule has 0 aromatic carbocycles. The first-order valence-electron chi connectivity index (χ1n) is 25.5. The molecule has 1 saturated heterocycles. The highest BCUT2D eigenvalue weighted by Crippen LogP contribution is 2.22. The summed E-state index contributed by atoms with van der Waals surface area (Å²) >= 11 is 0. The fourth-order valence-electron chi connectivity index (χ4n) is 7.70. The van der Waals surface area contributed by atoms with E-state index in [1.54, 1.807) is 6.08 Å². The van der Waals surface area contributed by atoms with E-state index in [4.69, 9.17) is 9.47 Å². The van der Waals surface area contributed by atoms with Gasteiger partial charge in [-0.15, -0.1) is 0 Å². The number of aliphatic hydroxyl groups excluding tert-OH is 5. The first-order chi connectivity index (χ1) is 30.3. The van der Waals surface area contributed by atoms with Gasteiger partial charge in [0.15, 0.2) is 6.29 Å². The molecule has 6 N–H and O–H groups in total. The summed E-state index contributed by atoms with van der Waals surface area (Å²) in [6.07, 6.45) is 50.0. The Hall–Kier alpha value is -2.11. The van der Waals surface area contributed by atoms with Crippen molar-refractivity contribution in [3.05, 3.63) is 60.8 Å². The van der Waals surface area contributed by atoms with Crippen molar-refractivity contribution in [2.24, 2.45) is 0 Å². The molecule has 0 aromatic rings. The van der Waals surface area contributed by atoms with Crippen molar-refractivity contribution in [2.45, 2.75) is 256 Å². The molecular formula is C53H95NO8. The number of ether oxygens (including phenoxy) is 2. The van der Waals surface area contributed by atoms with E-state index in [9.17, 15) is 30.3 Å². The maximum atomic E-state index is 12.9. The highest BCUT2D eigenvalue weighted by atomic mass is 16.7. The minimum absolute atomic E-state index is 0.207. The van der Waals surface area contributed by atoms with E-state index in [0.29, 0.717) is 6.42 Å². The molecule has 0 radical (unpaired) electrons. The second-order valence-electron chi connectivity index (χ2n) is 17.6. The van der Waals surface area contributed by atoms with E-state index in [0.717, 1.165) is 77.0 Å². The number of unbranched alkanes of at least 4 members (excludes halogenated alkanes) is 24. The molecule has 1 aliphatic rings. The number of carbonyl (C=O) groups excluding carboxylic acids is 1. The van der Waals surface area contributed by atoms with Gasteiger partial charge in [-0.05, 0) is 70.6 Å². The monoisotopic (exact) mass is 874 g/mol. The van der Waals surface area contributed by atoms with E-state index in [1.807, 2.05) is 6.08 Å². The lowest BCUT2D eigenvalue weighted by Gasteiger charge is -2.40. The van der Waals surface area contributed by atoms with Crippen molar-refractivity contribution in [3.63, 3.8) is 0 Å².